The molecule has 2 unspecified atom stereocenters. The predicted molar refractivity (Wildman–Crippen MR) is 61.3 cm³/mol. The van der Waals surface area contributed by atoms with Gasteiger partial charge in [0, 0.05) is 26.0 Å². The maximum absolute atomic E-state index is 11.4. The van der Waals surface area contributed by atoms with Gasteiger partial charge in [-0.05, 0) is 20.3 Å². The summed E-state index contributed by atoms with van der Waals surface area (Å²) in [5, 5.41) is 14.0. The van der Waals surface area contributed by atoms with Crippen molar-refractivity contribution in [3.8, 4) is 0 Å². The third kappa shape index (κ3) is 7.05. The lowest BCUT2D eigenvalue weighted by Gasteiger charge is -2.14. The van der Waals surface area contributed by atoms with Gasteiger partial charge in [-0.15, -0.1) is 0 Å². The summed E-state index contributed by atoms with van der Waals surface area (Å²) in [6.07, 6.45) is 1.50. The summed E-state index contributed by atoms with van der Waals surface area (Å²) in [5.41, 5.74) is 5.32. The molecular weight excluding hydrogens is 210 g/mol. The molecule has 0 aromatic carbocycles. The topological polar surface area (TPSA) is 96.9 Å². The summed E-state index contributed by atoms with van der Waals surface area (Å²) in [7, 11) is 1.61. The van der Waals surface area contributed by atoms with E-state index in [1.165, 1.54) is 0 Å². The summed E-state index contributed by atoms with van der Waals surface area (Å²) >= 11 is 0. The Morgan fingerprint density at radius 1 is 1.56 bits per heavy atom. The van der Waals surface area contributed by atoms with Crippen LogP contribution >= 0.6 is 0 Å². The van der Waals surface area contributed by atoms with Gasteiger partial charge in [-0.1, -0.05) is 5.16 Å². The smallest absolute Gasteiger partial charge is 0.220 e. The molecule has 0 aliphatic heterocycles. The molecule has 1 amide bonds. The summed E-state index contributed by atoms with van der Waals surface area (Å²) in [6.45, 7) is 3.71. The van der Waals surface area contributed by atoms with Gasteiger partial charge in [0.25, 0.3) is 0 Å². The number of ether oxygens (including phenoxy) is 1. The molecule has 0 aromatic heterocycles. The number of hydrogen-bond acceptors (Lipinski definition) is 4. The van der Waals surface area contributed by atoms with E-state index in [9.17, 15) is 4.79 Å². The SMILES string of the molecule is COC(C)CCC(=O)NC(C)CC(N)=NO. The Bertz CT molecular complexity index is 243. The highest BCUT2D eigenvalue weighted by atomic mass is 16.5. The highest BCUT2D eigenvalue weighted by Crippen LogP contribution is 2.00. The summed E-state index contributed by atoms with van der Waals surface area (Å²) in [6, 6.07) is -0.138. The van der Waals surface area contributed by atoms with Crippen molar-refractivity contribution in [1.82, 2.24) is 5.32 Å². The molecule has 94 valence electrons. The third-order valence-corrected chi connectivity index (χ3v) is 2.23. The number of hydrogen-bond donors (Lipinski definition) is 3. The fourth-order valence-electron chi connectivity index (χ4n) is 1.20. The zero-order valence-electron chi connectivity index (χ0n) is 10.1. The van der Waals surface area contributed by atoms with E-state index in [1.807, 2.05) is 6.92 Å². The highest BCUT2D eigenvalue weighted by Gasteiger charge is 2.10. The maximum atomic E-state index is 11.4. The number of carbonyl (C=O) groups is 1. The zero-order chi connectivity index (χ0) is 12.6. The average Bonchev–Trinajstić information content (AvgIpc) is 2.25. The van der Waals surface area contributed by atoms with E-state index in [0.717, 1.165) is 0 Å². The van der Waals surface area contributed by atoms with Crippen molar-refractivity contribution in [3.63, 3.8) is 0 Å². The van der Waals surface area contributed by atoms with Gasteiger partial charge in [-0.25, -0.2) is 0 Å². The quantitative estimate of drug-likeness (QED) is 0.256. The number of nitrogens with one attached hydrogen (secondary N) is 1. The van der Waals surface area contributed by atoms with Crippen molar-refractivity contribution in [2.75, 3.05) is 7.11 Å². The second kappa shape index (κ2) is 7.92. The fourth-order valence-corrected chi connectivity index (χ4v) is 1.20. The van der Waals surface area contributed by atoms with Crippen LogP contribution in [0.5, 0.6) is 0 Å². The first-order valence-electron chi connectivity index (χ1n) is 5.28. The minimum atomic E-state index is -0.138. The van der Waals surface area contributed by atoms with E-state index in [4.69, 9.17) is 15.7 Å². The lowest BCUT2D eigenvalue weighted by molar-refractivity contribution is -0.122. The van der Waals surface area contributed by atoms with Gasteiger partial charge in [0.1, 0.15) is 5.84 Å². The number of oxime groups is 1. The maximum Gasteiger partial charge on any atom is 0.220 e. The van der Waals surface area contributed by atoms with Crippen molar-refractivity contribution in [3.05, 3.63) is 0 Å². The number of rotatable bonds is 7. The van der Waals surface area contributed by atoms with E-state index in [-0.39, 0.29) is 23.9 Å². The van der Waals surface area contributed by atoms with Gasteiger partial charge in [-0.2, -0.15) is 0 Å². The Labute approximate surface area is 95.8 Å². The molecule has 6 heteroatoms. The second-order valence-electron chi connectivity index (χ2n) is 3.85. The molecule has 6 nitrogen and oxygen atoms in total. The number of amidine groups is 1. The molecule has 0 rings (SSSR count). The van der Waals surface area contributed by atoms with Crippen LogP contribution in [0.1, 0.15) is 33.1 Å². The summed E-state index contributed by atoms with van der Waals surface area (Å²) in [5.74, 6) is 0.0557. The highest BCUT2D eigenvalue weighted by molar-refractivity contribution is 5.81. The Morgan fingerprint density at radius 2 is 2.19 bits per heavy atom. The molecule has 2 atom stereocenters. The lowest BCUT2D eigenvalue weighted by atomic mass is 10.2. The molecule has 0 aromatic rings. The summed E-state index contributed by atoms with van der Waals surface area (Å²) < 4.78 is 5.04. The van der Waals surface area contributed by atoms with E-state index in [0.29, 0.717) is 19.3 Å². The van der Waals surface area contributed by atoms with Crippen molar-refractivity contribution < 1.29 is 14.7 Å². The Kier molecular flexibility index (Phi) is 7.28. The Balaban J connectivity index is 3.78. The monoisotopic (exact) mass is 231 g/mol. The predicted octanol–water partition coefficient (Wildman–Crippen LogP) is 0.443. The fraction of sp³-hybridized carbons (Fsp3) is 0.800. The van der Waals surface area contributed by atoms with Crippen molar-refractivity contribution in [2.24, 2.45) is 10.9 Å². The minimum absolute atomic E-state index is 0.0536. The molecule has 0 aliphatic rings. The summed E-state index contributed by atoms with van der Waals surface area (Å²) in [4.78, 5) is 11.4. The number of methoxy groups -OCH3 is 1. The van der Waals surface area contributed by atoms with Crippen LogP contribution in [0.25, 0.3) is 0 Å². The molecule has 0 fully saturated rings. The van der Waals surface area contributed by atoms with Crippen LogP contribution in [0.4, 0.5) is 0 Å². The van der Waals surface area contributed by atoms with Crippen molar-refractivity contribution >= 4 is 11.7 Å². The largest absolute Gasteiger partial charge is 0.409 e. The third-order valence-electron chi connectivity index (χ3n) is 2.23. The molecule has 0 spiro atoms. The van der Waals surface area contributed by atoms with E-state index >= 15 is 0 Å². The van der Waals surface area contributed by atoms with E-state index < -0.39 is 0 Å². The van der Waals surface area contributed by atoms with Crippen LogP contribution < -0.4 is 11.1 Å². The first kappa shape index (κ1) is 14.7. The second-order valence-corrected chi connectivity index (χ2v) is 3.85. The van der Waals surface area contributed by atoms with Crippen LogP contribution in [0.3, 0.4) is 0 Å². The standard InChI is InChI=1S/C10H21N3O3/c1-7(6-9(11)13-15)12-10(14)5-4-8(2)16-3/h7-8,15H,4-6H2,1-3H3,(H2,11,13)(H,12,14). The lowest BCUT2D eigenvalue weighted by Crippen LogP contribution is -2.36. The molecular formula is C10H21N3O3. The number of carbonyl (C=O) groups excluding carboxylic acids is 1. The normalized spacial score (nSPS) is 15.6. The minimum Gasteiger partial charge on any atom is -0.409 e. The average molecular weight is 231 g/mol. The van der Waals surface area contributed by atoms with Crippen LogP contribution in [0.15, 0.2) is 5.16 Å². The Morgan fingerprint density at radius 3 is 2.69 bits per heavy atom. The Hall–Kier alpha value is -1.30. The van der Waals surface area contributed by atoms with Gasteiger partial charge >= 0.3 is 0 Å². The zero-order valence-corrected chi connectivity index (χ0v) is 10.1. The van der Waals surface area contributed by atoms with E-state index in [1.54, 1.807) is 14.0 Å². The molecule has 4 N–H and O–H groups in total. The van der Waals surface area contributed by atoms with Gasteiger partial charge in [-0.3, -0.25) is 4.79 Å². The van der Waals surface area contributed by atoms with Crippen molar-refractivity contribution in [1.29, 1.82) is 0 Å². The molecule has 0 aliphatic carbocycles. The molecule has 0 bridgehead atoms. The molecule has 0 saturated heterocycles. The first-order valence-corrected chi connectivity index (χ1v) is 5.28. The van der Waals surface area contributed by atoms with Crippen LogP contribution in [0.2, 0.25) is 0 Å². The van der Waals surface area contributed by atoms with Gasteiger partial charge in [0.05, 0.1) is 6.10 Å². The molecule has 0 saturated carbocycles. The number of nitrogens with two attached hydrogens (primary N) is 1. The van der Waals surface area contributed by atoms with Crippen LogP contribution in [-0.2, 0) is 9.53 Å². The van der Waals surface area contributed by atoms with Gasteiger partial charge in [0.15, 0.2) is 0 Å². The van der Waals surface area contributed by atoms with Crippen LogP contribution in [0, 0.1) is 0 Å². The molecule has 0 heterocycles. The van der Waals surface area contributed by atoms with Crippen LogP contribution in [-0.4, -0.2) is 36.2 Å². The molecule has 0 radical (unpaired) electrons. The van der Waals surface area contributed by atoms with E-state index in [2.05, 4.69) is 10.5 Å². The number of nitrogens with zero attached hydrogens (tertiary/aromatic N) is 1. The van der Waals surface area contributed by atoms with Crippen molar-refractivity contribution in [2.45, 2.75) is 45.3 Å². The van der Waals surface area contributed by atoms with Gasteiger partial charge in [0.2, 0.25) is 5.91 Å². The molecule has 16 heavy (non-hydrogen) atoms. The van der Waals surface area contributed by atoms with Gasteiger partial charge < -0.3 is 21.0 Å². The number of amides is 1. The first-order chi connectivity index (χ1) is 7.49.